The van der Waals surface area contributed by atoms with Crippen molar-refractivity contribution in [3.63, 3.8) is 0 Å². The van der Waals surface area contributed by atoms with E-state index in [1.54, 1.807) is 6.08 Å². The molecule has 0 fully saturated rings. The van der Waals surface area contributed by atoms with Crippen molar-refractivity contribution in [1.82, 2.24) is 0 Å². The van der Waals surface area contributed by atoms with Crippen molar-refractivity contribution in [2.75, 3.05) is 7.11 Å². The molecular weight excluding hydrogens is 432 g/mol. The summed E-state index contributed by atoms with van der Waals surface area (Å²) < 4.78 is 4.83. The average Bonchev–Trinajstić information content (AvgIpc) is 2.78. The molecule has 188 valence electrons. The van der Waals surface area contributed by atoms with Crippen LogP contribution in [0.15, 0.2) is 58.7 Å². The van der Waals surface area contributed by atoms with Gasteiger partial charge in [0.1, 0.15) is 17.6 Å². The van der Waals surface area contributed by atoms with E-state index in [0.717, 1.165) is 42.4 Å². The van der Waals surface area contributed by atoms with Crippen molar-refractivity contribution in [3.8, 4) is 0 Å². The molecule has 34 heavy (non-hydrogen) atoms. The summed E-state index contributed by atoms with van der Waals surface area (Å²) in [5, 5.41) is 20.2. The fraction of sp³-hybridized carbons (Fsp3) is 0.536. The van der Waals surface area contributed by atoms with Gasteiger partial charge in [-0.1, -0.05) is 41.0 Å². The molecular formula is C28H40O6. The van der Waals surface area contributed by atoms with Crippen LogP contribution in [-0.2, 0) is 19.1 Å². The molecule has 0 saturated heterocycles. The summed E-state index contributed by atoms with van der Waals surface area (Å²) in [5.74, 6) is -1.31. The van der Waals surface area contributed by atoms with Gasteiger partial charge in [0.05, 0.1) is 7.11 Å². The van der Waals surface area contributed by atoms with Crippen LogP contribution in [0.2, 0.25) is 0 Å². The summed E-state index contributed by atoms with van der Waals surface area (Å²) in [5.41, 5.74) is 2.51. The Morgan fingerprint density at radius 3 is 2.18 bits per heavy atom. The third kappa shape index (κ3) is 8.99. The number of esters is 1. The van der Waals surface area contributed by atoms with Crippen LogP contribution in [0.4, 0.5) is 0 Å². The Morgan fingerprint density at radius 2 is 1.59 bits per heavy atom. The number of carbonyl (C=O) groups excluding carboxylic acids is 3. The second-order valence-corrected chi connectivity index (χ2v) is 9.42. The first kappa shape index (κ1) is 29.5. The fourth-order valence-electron chi connectivity index (χ4n) is 3.84. The molecule has 0 spiro atoms. The van der Waals surface area contributed by atoms with Crippen molar-refractivity contribution in [2.24, 2.45) is 5.41 Å². The number of ether oxygens (including phenoxy) is 1. The molecule has 6 nitrogen and oxygen atoms in total. The molecule has 0 aromatic heterocycles. The van der Waals surface area contributed by atoms with Crippen LogP contribution in [0.1, 0.15) is 73.1 Å². The molecule has 0 bridgehead atoms. The zero-order valence-electron chi connectivity index (χ0n) is 21.4. The number of carbonyl (C=O) groups is 3. The van der Waals surface area contributed by atoms with Crippen molar-refractivity contribution in [2.45, 2.75) is 85.4 Å². The van der Waals surface area contributed by atoms with E-state index >= 15 is 0 Å². The van der Waals surface area contributed by atoms with Gasteiger partial charge in [-0.25, -0.2) is 0 Å². The smallest absolute Gasteiger partial charge is 0.320 e. The highest BCUT2D eigenvalue weighted by Gasteiger charge is 2.47. The van der Waals surface area contributed by atoms with E-state index in [0.29, 0.717) is 0 Å². The van der Waals surface area contributed by atoms with Gasteiger partial charge in [0.15, 0.2) is 11.6 Å². The van der Waals surface area contributed by atoms with Crippen molar-refractivity contribution < 1.29 is 29.3 Å². The number of hydrogen-bond acceptors (Lipinski definition) is 6. The minimum Gasteiger partial charge on any atom is -0.468 e. The number of rotatable bonds is 12. The summed E-state index contributed by atoms with van der Waals surface area (Å²) in [4.78, 5) is 36.6. The Bertz CT molecular complexity index is 898. The third-order valence-corrected chi connectivity index (χ3v) is 6.07. The first-order valence-electron chi connectivity index (χ1n) is 11.8. The molecule has 1 aliphatic carbocycles. The lowest BCUT2D eigenvalue weighted by Crippen LogP contribution is -2.43. The number of hydrogen-bond donors (Lipinski definition) is 2. The highest BCUT2D eigenvalue weighted by atomic mass is 16.5. The predicted molar refractivity (Wildman–Crippen MR) is 134 cm³/mol. The highest BCUT2D eigenvalue weighted by Crippen LogP contribution is 2.34. The van der Waals surface area contributed by atoms with E-state index in [1.165, 1.54) is 24.8 Å². The van der Waals surface area contributed by atoms with Crippen LogP contribution in [0.3, 0.4) is 0 Å². The molecule has 1 aliphatic rings. The zero-order valence-corrected chi connectivity index (χ0v) is 21.4. The molecule has 3 atom stereocenters. The summed E-state index contributed by atoms with van der Waals surface area (Å²) in [6, 6.07) is 0. The Labute approximate surface area is 203 Å². The first-order valence-corrected chi connectivity index (χ1v) is 11.8. The van der Waals surface area contributed by atoms with Gasteiger partial charge in [-0.2, -0.15) is 0 Å². The van der Waals surface area contributed by atoms with Crippen LogP contribution in [0.25, 0.3) is 0 Å². The molecule has 3 unspecified atom stereocenters. The molecule has 2 N–H and O–H groups in total. The molecule has 0 heterocycles. The van der Waals surface area contributed by atoms with Gasteiger partial charge in [0.2, 0.25) is 0 Å². The van der Waals surface area contributed by atoms with Crippen LogP contribution in [0, 0.1) is 5.41 Å². The van der Waals surface area contributed by atoms with E-state index < -0.39 is 23.6 Å². The predicted octanol–water partition coefficient (Wildman–Crippen LogP) is 4.72. The van der Waals surface area contributed by atoms with Gasteiger partial charge in [0, 0.05) is 6.42 Å². The van der Waals surface area contributed by atoms with Gasteiger partial charge in [-0.15, -0.1) is 0 Å². The van der Waals surface area contributed by atoms with Gasteiger partial charge in [0.25, 0.3) is 0 Å². The first-order chi connectivity index (χ1) is 15.9. The summed E-state index contributed by atoms with van der Waals surface area (Å²) in [6.07, 6.45) is 11.4. The van der Waals surface area contributed by atoms with Crippen LogP contribution in [-0.4, -0.2) is 47.1 Å². The number of methoxy groups -OCH3 is 1. The van der Waals surface area contributed by atoms with E-state index in [-0.39, 0.29) is 24.4 Å². The second kappa shape index (κ2) is 14.0. The number of ketones is 2. The van der Waals surface area contributed by atoms with Crippen molar-refractivity contribution >= 4 is 17.5 Å². The molecule has 1 rings (SSSR count). The molecule has 6 heteroatoms. The topological polar surface area (TPSA) is 101 Å². The van der Waals surface area contributed by atoms with E-state index in [1.807, 2.05) is 39.8 Å². The SMILES string of the molecule is COC(=O)C1(CC=C(C)CCC=C(C)CCC=C(C)C(O)C(O)C=C(C)C)CC(=O)C=CC1=O. The Balaban J connectivity index is 2.62. The maximum atomic E-state index is 12.4. The summed E-state index contributed by atoms with van der Waals surface area (Å²) in [6.45, 7) is 9.59. The lowest BCUT2D eigenvalue weighted by molar-refractivity contribution is -0.158. The summed E-state index contributed by atoms with van der Waals surface area (Å²) >= 11 is 0. The van der Waals surface area contributed by atoms with Crippen LogP contribution in [0.5, 0.6) is 0 Å². The quantitative estimate of drug-likeness (QED) is 0.242. The van der Waals surface area contributed by atoms with E-state index in [4.69, 9.17) is 4.74 Å². The standard InChI is InChI=1S/C28H40O6/c1-19(2)17-24(30)26(32)22(5)12-8-11-20(3)9-7-10-21(4)15-16-28(27(33)34-6)18-23(29)13-14-25(28)31/h9,12-15,17,24,26,30,32H,7-8,10-11,16,18H2,1-6H3. The highest BCUT2D eigenvalue weighted by molar-refractivity contribution is 6.17. The number of aliphatic hydroxyl groups excluding tert-OH is 2. The molecule has 0 aromatic carbocycles. The Kier molecular flexibility index (Phi) is 12.1. The largest absolute Gasteiger partial charge is 0.468 e. The maximum Gasteiger partial charge on any atom is 0.320 e. The average molecular weight is 473 g/mol. The van der Waals surface area contributed by atoms with Crippen LogP contribution < -0.4 is 0 Å². The lowest BCUT2D eigenvalue weighted by Gasteiger charge is -2.28. The second-order valence-electron chi connectivity index (χ2n) is 9.42. The van der Waals surface area contributed by atoms with Gasteiger partial charge >= 0.3 is 5.97 Å². The van der Waals surface area contributed by atoms with Gasteiger partial charge in [-0.3, -0.25) is 14.4 Å². The molecule has 0 aliphatic heterocycles. The summed E-state index contributed by atoms with van der Waals surface area (Å²) in [7, 11) is 1.23. The number of aliphatic hydroxyl groups is 2. The monoisotopic (exact) mass is 472 g/mol. The van der Waals surface area contributed by atoms with Crippen molar-refractivity contribution in [1.29, 1.82) is 0 Å². The van der Waals surface area contributed by atoms with Gasteiger partial charge < -0.3 is 14.9 Å². The molecule has 0 radical (unpaired) electrons. The normalized spacial score (nSPS) is 21.4. The van der Waals surface area contributed by atoms with E-state index in [9.17, 15) is 24.6 Å². The molecule has 0 amide bonds. The number of allylic oxidation sites excluding steroid dienone is 8. The van der Waals surface area contributed by atoms with Gasteiger partial charge in [-0.05, 0) is 84.4 Å². The van der Waals surface area contributed by atoms with E-state index in [2.05, 4.69) is 13.0 Å². The Hall–Kier alpha value is -2.57. The third-order valence-electron chi connectivity index (χ3n) is 6.07. The lowest BCUT2D eigenvalue weighted by atomic mass is 9.72. The Morgan fingerprint density at radius 1 is 1.00 bits per heavy atom. The molecule has 0 aromatic rings. The maximum absolute atomic E-state index is 12.4. The van der Waals surface area contributed by atoms with Crippen LogP contribution >= 0.6 is 0 Å². The van der Waals surface area contributed by atoms with Crippen molar-refractivity contribution in [3.05, 3.63) is 58.7 Å². The fourth-order valence-corrected chi connectivity index (χ4v) is 3.84. The minimum absolute atomic E-state index is 0.147. The zero-order chi connectivity index (χ0) is 25.9. The minimum atomic E-state index is -1.46. The molecule has 0 saturated carbocycles.